The number of carbonyl (C=O) groups is 1. The van der Waals surface area contributed by atoms with Gasteiger partial charge in [0.15, 0.2) is 0 Å². The number of carbonyl (C=O) groups excluding carboxylic acids is 1. The van der Waals surface area contributed by atoms with Gasteiger partial charge in [-0.3, -0.25) is 4.79 Å². The number of hydrogen-bond donors (Lipinski definition) is 2. The molecule has 2 aliphatic rings. The van der Waals surface area contributed by atoms with E-state index in [1.54, 1.807) is 4.90 Å². The Labute approximate surface area is 103 Å². The molecule has 4 nitrogen and oxygen atoms in total. The van der Waals surface area contributed by atoms with Crippen LogP contribution in [-0.2, 0) is 4.79 Å². The number of nitrogens with one attached hydrogen (secondary N) is 1. The molecule has 0 aliphatic carbocycles. The van der Waals surface area contributed by atoms with Crippen LogP contribution in [0.1, 0.15) is 32.1 Å². The molecule has 0 atom stereocenters. The van der Waals surface area contributed by atoms with Gasteiger partial charge >= 0.3 is 0 Å². The third-order valence-corrected chi connectivity index (χ3v) is 4.23. The summed E-state index contributed by atoms with van der Waals surface area (Å²) in [6.07, 6.45) is 6.21. The van der Waals surface area contributed by atoms with Gasteiger partial charge in [0.25, 0.3) is 0 Å². The molecule has 1 amide bonds. The number of aliphatic hydroxyl groups is 1. The van der Waals surface area contributed by atoms with Crippen LogP contribution in [0.5, 0.6) is 0 Å². The van der Waals surface area contributed by atoms with E-state index >= 15 is 0 Å². The van der Waals surface area contributed by atoms with Gasteiger partial charge in [0, 0.05) is 13.1 Å². The van der Waals surface area contributed by atoms with Crippen molar-refractivity contribution in [3.8, 4) is 0 Å². The average molecular weight is 240 g/mol. The van der Waals surface area contributed by atoms with E-state index in [4.69, 9.17) is 5.11 Å². The van der Waals surface area contributed by atoms with E-state index in [0.717, 1.165) is 37.8 Å². The van der Waals surface area contributed by atoms with Gasteiger partial charge in [-0.25, -0.2) is 0 Å². The molecule has 2 rings (SSSR count). The molecule has 98 valence electrons. The second-order valence-electron chi connectivity index (χ2n) is 5.41. The zero-order valence-corrected chi connectivity index (χ0v) is 10.5. The largest absolute Gasteiger partial charge is 0.387 e. The zero-order valence-electron chi connectivity index (χ0n) is 10.5. The number of amides is 1. The molecular weight excluding hydrogens is 216 g/mol. The third kappa shape index (κ3) is 3.68. The van der Waals surface area contributed by atoms with Crippen molar-refractivity contribution >= 4 is 5.91 Å². The molecule has 2 heterocycles. The highest BCUT2D eigenvalue weighted by molar-refractivity contribution is 5.77. The standard InChI is InChI=1S/C13H24N2O2/c16-10-13(17)15-7-3-12(4-8-15)9-11-1-5-14-6-2-11/h11-12,14,16H,1-10H2. The second-order valence-corrected chi connectivity index (χ2v) is 5.41. The SMILES string of the molecule is O=C(CO)N1CCC(CC2CCNCC2)CC1. The van der Waals surface area contributed by atoms with Crippen LogP contribution in [0.25, 0.3) is 0 Å². The summed E-state index contributed by atoms with van der Waals surface area (Å²) in [7, 11) is 0. The summed E-state index contributed by atoms with van der Waals surface area (Å²) in [4.78, 5) is 13.1. The lowest BCUT2D eigenvalue weighted by atomic mass is 9.83. The summed E-state index contributed by atoms with van der Waals surface area (Å²) < 4.78 is 0. The van der Waals surface area contributed by atoms with Crippen molar-refractivity contribution in [1.29, 1.82) is 0 Å². The fraction of sp³-hybridized carbons (Fsp3) is 0.923. The Bertz CT molecular complexity index is 244. The predicted octanol–water partition coefficient (Wildman–Crippen LogP) is 0.607. The molecule has 2 N–H and O–H groups in total. The maximum atomic E-state index is 11.3. The van der Waals surface area contributed by atoms with E-state index in [2.05, 4.69) is 5.32 Å². The maximum absolute atomic E-state index is 11.3. The summed E-state index contributed by atoms with van der Waals surface area (Å²) in [6, 6.07) is 0. The maximum Gasteiger partial charge on any atom is 0.248 e. The molecule has 0 aromatic heterocycles. The van der Waals surface area contributed by atoms with Gasteiger partial charge in [-0.05, 0) is 57.0 Å². The van der Waals surface area contributed by atoms with Crippen LogP contribution < -0.4 is 5.32 Å². The van der Waals surface area contributed by atoms with E-state index in [9.17, 15) is 4.79 Å². The monoisotopic (exact) mass is 240 g/mol. The fourth-order valence-corrected chi connectivity index (χ4v) is 3.11. The summed E-state index contributed by atoms with van der Waals surface area (Å²) in [5.41, 5.74) is 0. The molecule has 0 aromatic carbocycles. The van der Waals surface area contributed by atoms with Gasteiger partial charge in [-0.1, -0.05) is 0 Å². The van der Waals surface area contributed by atoms with Crippen molar-refractivity contribution in [2.45, 2.75) is 32.1 Å². The highest BCUT2D eigenvalue weighted by atomic mass is 16.3. The predicted molar refractivity (Wildman–Crippen MR) is 66.6 cm³/mol. The van der Waals surface area contributed by atoms with Crippen LogP contribution in [-0.4, -0.2) is 48.7 Å². The highest BCUT2D eigenvalue weighted by Gasteiger charge is 2.25. The van der Waals surface area contributed by atoms with Crippen LogP contribution in [0.2, 0.25) is 0 Å². The Morgan fingerprint density at radius 1 is 1.12 bits per heavy atom. The topological polar surface area (TPSA) is 52.6 Å². The van der Waals surface area contributed by atoms with Crippen LogP contribution in [0, 0.1) is 11.8 Å². The molecule has 0 unspecified atom stereocenters. The quantitative estimate of drug-likeness (QED) is 0.760. The van der Waals surface area contributed by atoms with Gasteiger partial charge in [-0.15, -0.1) is 0 Å². The first-order valence-corrected chi connectivity index (χ1v) is 6.89. The zero-order chi connectivity index (χ0) is 12.1. The van der Waals surface area contributed by atoms with Gasteiger partial charge in [-0.2, -0.15) is 0 Å². The number of hydrogen-bond acceptors (Lipinski definition) is 3. The van der Waals surface area contributed by atoms with Crippen molar-refractivity contribution in [2.75, 3.05) is 32.8 Å². The molecule has 0 aromatic rings. The molecule has 17 heavy (non-hydrogen) atoms. The van der Waals surface area contributed by atoms with Crippen molar-refractivity contribution in [2.24, 2.45) is 11.8 Å². The molecule has 4 heteroatoms. The Morgan fingerprint density at radius 2 is 1.71 bits per heavy atom. The number of nitrogens with zero attached hydrogens (tertiary/aromatic N) is 1. The van der Waals surface area contributed by atoms with Crippen molar-refractivity contribution < 1.29 is 9.90 Å². The third-order valence-electron chi connectivity index (χ3n) is 4.23. The average Bonchev–Trinajstić information content (AvgIpc) is 2.40. The van der Waals surface area contributed by atoms with E-state index in [-0.39, 0.29) is 12.5 Å². The molecule has 2 saturated heterocycles. The minimum Gasteiger partial charge on any atom is -0.387 e. The lowest BCUT2D eigenvalue weighted by Gasteiger charge is -2.34. The first kappa shape index (κ1) is 12.8. The molecular formula is C13H24N2O2. The van der Waals surface area contributed by atoms with Crippen molar-refractivity contribution in [1.82, 2.24) is 10.2 Å². The summed E-state index contributed by atoms with van der Waals surface area (Å²) in [5, 5.41) is 12.2. The van der Waals surface area contributed by atoms with Gasteiger partial charge in [0.05, 0.1) is 0 Å². The van der Waals surface area contributed by atoms with Gasteiger partial charge < -0.3 is 15.3 Å². The Balaban J connectivity index is 1.69. The first-order chi connectivity index (χ1) is 8.29. The van der Waals surface area contributed by atoms with Crippen LogP contribution in [0.4, 0.5) is 0 Å². The van der Waals surface area contributed by atoms with E-state index in [1.165, 1.54) is 32.4 Å². The molecule has 2 aliphatic heterocycles. The summed E-state index contributed by atoms with van der Waals surface area (Å²) >= 11 is 0. The molecule has 2 fully saturated rings. The van der Waals surface area contributed by atoms with Crippen molar-refractivity contribution in [3.63, 3.8) is 0 Å². The number of likely N-dealkylation sites (tertiary alicyclic amines) is 1. The molecule has 0 bridgehead atoms. The lowest BCUT2D eigenvalue weighted by Crippen LogP contribution is -2.40. The first-order valence-electron chi connectivity index (χ1n) is 6.89. The van der Waals surface area contributed by atoms with Gasteiger partial charge in [0.1, 0.15) is 6.61 Å². The molecule has 0 saturated carbocycles. The Kier molecular flexibility index (Phi) is 4.80. The van der Waals surface area contributed by atoms with Crippen molar-refractivity contribution in [3.05, 3.63) is 0 Å². The fourth-order valence-electron chi connectivity index (χ4n) is 3.11. The normalized spacial score (nSPS) is 23.9. The molecule has 0 spiro atoms. The number of aliphatic hydroxyl groups excluding tert-OH is 1. The smallest absolute Gasteiger partial charge is 0.248 e. The van der Waals surface area contributed by atoms with E-state index in [1.807, 2.05) is 0 Å². The highest BCUT2D eigenvalue weighted by Crippen LogP contribution is 2.28. The van der Waals surface area contributed by atoms with Gasteiger partial charge in [0.2, 0.25) is 5.91 Å². The molecule has 0 radical (unpaired) electrons. The Hall–Kier alpha value is -0.610. The minimum atomic E-state index is -0.334. The van der Waals surface area contributed by atoms with Crippen LogP contribution >= 0.6 is 0 Å². The second kappa shape index (κ2) is 6.36. The van der Waals surface area contributed by atoms with E-state index < -0.39 is 0 Å². The number of piperidine rings is 2. The van der Waals surface area contributed by atoms with Crippen LogP contribution in [0.3, 0.4) is 0 Å². The Morgan fingerprint density at radius 3 is 2.29 bits per heavy atom. The van der Waals surface area contributed by atoms with E-state index in [0.29, 0.717) is 0 Å². The van der Waals surface area contributed by atoms with Crippen LogP contribution in [0.15, 0.2) is 0 Å². The lowest BCUT2D eigenvalue weighted by molar-refractivity contribution is -0.135. The summed E-state index contributed by atoms with van der Waals surface area (Å²) in [6.45, 7) is 3.70. The number of rotatable bonds is 3. The minimum absolute atomic E-state index is 0.106. The summed E-state index contributed by atoms with van der Waals surface area (Å²) in [5.74, 6) is 1.58.